The van der Waals surface area contributed by atoms with Crippen LogP contribution >= 0.6 is 0 Å². The van der Waals surface area contributed by atoms with E-state index in [0.717, 1.165) is 29.8 Å². The van der Waals surface area contributed by atoms with E-state index in [4.69, 9.17) is 14.0 Å². The first kappa shape index (κ1) is 22.0. The molecular formula is C22H33BN4O4. The maximum atomic E-state index is 12.4. The summed E-state index contributed by atoms with van der Waals surface area (Å²) in [6.45, 7) is 16.6. The van der Waals surface area contributed by atoms with Gasteiger partial charge in [-0.05, 0) is 60.6 Å². The van der Waals surface area contributed by atoms with Gasteiger partial charge in [0, 0.05) is 44.0 Å². The Labute approximate surface area is 184 Å². The predicted molar refractivity (Wildman–Crippen MR) is 121 cm³/mol. The fourth-order valence-electron chi connectivity index (χ4n) is 3.85. The monoisotopic (exact) mass is 428 g/mol. The van der Waals surface area contributed by atoms with E-state index < -0.39 is 12.7 Å². The zero-order valence-electron chi connectivity index (χ0n) is 19.6. The van der Waals surface area contributed by atoms with Crippen LogP contribution in [-0.2, 0) is 14.0 Å². The van der Waals surface area contributed by atoms with Crippen molar-refractivity contribution >= 4 is 29.9 Å². The van der Waals surface area contributed by atoms with Crippen LogP contribution in [0.1, 0.15) is 48.5 Å². The molecule has 4 heterocycles. The van der Waals surface area contributed by atoms with Gasteiger partial charge in [-0.25, -0.2) is 9.31 Å². The van der Waals surface area contributed by atoms with Gasteiger partial charge in [0.2, 0.25) is 0 Å². The standard InChI is InChI=1S/C22H33BN4O4/c1-20(2,3)29-19(28)26-12-10-25(11-13-26)17-8-9-24-27-15-16(14-18(17)27)23-30-21(4,5)22(6,7)31-23/h8-9,14-15H,10-13H2,1-7H3. The predicted octanol–water partition coefficient (Wildman–Crippen LogP) is 2.69. The van der Waals surface area contributed by atoms with Crippen molar-refractivity contribution in [2.45, 2.75) is 65.3 Å². The van der Waals surface area contributed by atoms with Crippen molar-refractivity contribution in [3.8, 4) is 0 Å². The molecule has 9 heteroatoms. The largest absolute Gasteiger partial charge is 0.496 e. The van der Waals surface area contributed by atoms with Crippen LogP contribution in [0.2, 0.25) is 0 Å². The number of rotatable bonds is 2. The zero-order chi connectivity index (χ0) is 22.6. The highest BCUT2D eigenvalue weighted by molar-refractivity contribution is 6.62. The molecule has 0 spiro atoms. The molecule has 2 saturated heterocycles. The lowest BCUT2D eigenvalue weighted by Crippen LogP contribution is -2.50. The van der Waals surface area contributed by atoms with Crippen LogP contribution in [0.15, 0.2) is 24.5 Å². The molecule has 31 heavy (non-hydrogen) atoms. The quantitative estimate of drug-likeness (QED) is 0.686. The maximum Gasteiger partial charge on any atom is 0.496 e. The normalized spacial score (nSPS) is 21.1. The molecule has 2 aromatic rings. The number of fused-ring (bicyclic) bond motifs is 1. The van der Waals surface area contributed by atoms with Gasteiger partial charge in [-0.1, -0.05) is 0 Å². The summed E-state index contributed by atoms with van der Waals surface area (Å²) < 4.78 is 19.8. The van der Waals surface area contributed by atoms with Gasteiger partial charge in [-0.15, -0.1) is 0 Å². The highest BCUT2D eigenvalue weighted by Crippen LogP contribution is 2.36. The zero-order valence-corrected chi connectivity index (χ0v) is 19.6. The highest BCUT2D eigenvalue weighted by atomic mass is 16.7. The molecule has 0 aromatic carbocycles. The molecule has 168 valence electrons. The first-order valence-corrected chi connectivity index (χ1v) is 10.9. The summed E-state index contributed by atoms with van der Waals surface area (Å²) >= 11 is 0. The third-order valence-electron chi connectivity index (χ3n) is 6.30. The number of hydrogen-bond donors (Lipinski definition) is 0. The van der Waals surface area contributed by atoms with E-state index in [0.29, 0.717) is 13.1 Å². The number of hydrogen-bond acceptors (Lipinski definition) is 6. The Hall–Kier alpha value is -2.26. The molecule has 2 aliphatic heterocycles. The van der Waals surface area contributed by atoms with Crippen molar-refractivity contribution in [3.05, 3.63) is 24.5 Å². The van der Waals surface area contributed by atoms with E-state index in [9.17, 15) is 4.79 Å². The van der Waals surface area contributed by atoms with E-state index in [1.165, 1.54) is 0 Å². The molecule has 2 aliphatic rings. The lowest BCUT2D eigenvalue weighted by atomic mass is 9.81. The summed E-state index contributed by atoms with van der Waals surface area (Å²) in [5.74, 6) is 0. The van der Waals surface area contributed by atoms with Crippen LogP contribution in [-0.4, -0.2) is 70.7 Å². The number of anilines is 1. The van der Waals surface area contributed by atoms with Crippen LogP contribution in [0.4, 0.5) is 10.5 Å². The number of nitrogens with zero attached hydrogens (tertiary/aromatic N) is 4. The number of carbonyl (C=O) groups excluding carboxylic acids is 1. The van der Waals surface area contributed by atoms with Gasteiger partial charge in [0.25, 0.3) is 0 Å². The van der Waals surface area contributed by atoms with Gasteiger partial charge in [-0.2, -0.15) is 5.10 Å². The Morgan fingerprint density at radius 3 is 2.29 bits per heavy atom. The summed E-state index contributed by atoms with van der Waals surface area (Å²) in [4.78, 5) is 16.4. The Balaban J connectivity index is 1.51. The maximum absolute atomic E-state index is 12.4. The smallest absolute Gasteiger partial charge is 0.444 e. The Bertz CT molecular complexity index is 958. The molecule has 8 nitrogen and oxygen atoms in total. The summed E-state index contributed by atoms with van der Waals surface area (Å²) in [7, 11) is -0.427. The molecular weight excluding hydrogens is 395 g/mol. The van der Waals surface area contributed by atoms with E-state index in [-0.39, 0.29) is 17.3 Å². The molecule has 0 bridgehead atoms. The summed E-state index contributed by atoms with van der Waals surface area (Å²) in [6.07, 6.45) is 3.52. The summed E-state index contributed by atoms with van der Waals surface area (Å²) in [6, 6.07) is 4.11. The van der Waals surface area contributed by atoms with Gasteiger partial charge >= 0.3 is 13.2 Å². The van der Waals surface area contributed by atoms with E-state index in [1.54, 1.807) is 11.1 Å². The summed E-state index contributed by atoms with van der Waals surface area (Å²) in [5.41, 5.74) is 1.77. The van der Waals surface area contributed by atoms with Crippen LogP contribution in [0, 0.1) is 0 Å². The molecule has 2 aromatic heterocycles. The average molecular weight is 428 g/mol. The van der Waals surface area contributed by atoms with Crippen molar-refractivity contribution in [2.24, 2.45) is 0 Å². The number of aromatic nitrogens is 2. The fraction of sp³-hybridized carbons (Fsp3) is 0.636. The second kappa shape index (κ2) is 7.41. The number of piperazine rings is 1. The van der Waals surface area contributed by atoms with Crippen molar-refractivity contribution in [3.63, 3.8) is 0 Å². The minimum absolute atomic E-state index is 0.252. The van der Waals surface area contributed by atoms with E-state index in [1.807, 2.05) is 37.5 Å². The van der Waals surface area contributed by atoms with Crippen LogP contribution in [0.25, 0.3) is 5.52 Å². The molecule has 0 N–H and O–H groups in total. The van der Waals surface area contributed by atoms with Crippen LogP contribution < -0.4 is 10.4 Å². The molecule has 0 saturated carbocycles. The van der Waals surface area contributed by atoms with Gasteiger partial charge in [0.05, 0.1) is 22.4 Å². The second-order valence-corrected chi connectivity index (χ2v) is 10.4. The lowest BCUT2D eigenvalue weighted by Gasteiger charge is -2.36. The molecule has 1 amide bonds. The van der Waals surface area contributed by atoms with Gasteiger partial charge in [0.15, 0.2) is 0 Å². The highest BCUT2D eigenvalue weighted by Gasteiger charge is 2.52. The molecule has 0 radical (unpaired) electrons. The molecule has 2 fully saturated rings. The number of ether oxygens (including phenoxy) is 1. The SMILES string of the molecule is CC(C)(C)OC(=O)N1CCN(c2ccnn3cc(B4OC(C)(C)C(C)(C)O4)cc23)CC1. The Morgan fingerprint density at radius 2 is 1.71 bits per heavy atom. The van der Waals surface area contributed by atoms with E-state index in [2.05, 4.69) is 43.8 Å². The van der Waals surface area contributed by atoms with Crippen molar-refractivity contribution < 1.29 is 18.8 Å². The molecule has 0 atom stereocenters. The Morgan fingerprint density at radius 1 is 1.10 bits per heavy atom. The van der Waals surface area contributed by atoms with E-state index >= 15 is 0 Å². The molecule has 0 unspecified atom stereocenters. The van der Waals surface area contributed by atoms with Crippen molar-refractivity contribution in [1.29, 1.82) is 0 Å². The number of carbonyl (C=O) groups is 1. The molecule has 0 aliphatic carbocycles. The lowest BCUT2D eigenvalue weighted by molar-refractivity contribution is 0.00578. The average Bonchev–Trinajstić information content (AvgIpc) is 3.18. The number of amides is 1. The topological polar surface area (TPSA) is 68.5 Å². The fourth-order valence-corrected chi connectivity index (χ4v) is 3.85. The first-order valence-electron chi connectivity index (χ1n) is 10.9. The van der Waals surface area contributed by atoms with Gasteiger partial charge in [0.1, 0.15) is 5.60 Å². The Kier molecular flexibility index (Phi) is 5.25. The minimum Gasteiger partial charge on any atom is -0.444 e. The van der Waals surface area contributed by atoms with Crippen LogP contribution in [0.5, 0.6) is 0 Å². The van der Waals surface area contributed by atoms with Crippen molar-refractivity contribution in [1.82, 2.24) is 14.5 Å². The van der Waals surface area contributed by atoms with Crippen molar-refractivity contribution in [2.75, 3.05) is 31.1 Å². The van der Waals surface area contributed by atoms with Gasteiger partial charge in [-0.3, -0.25) is 0 Å². The second-order valence-electron chi connectivity index (χ2n) is 10.4. The minimum atomic E-state index is -0.485. The third kappa shape index (κ3) is 4.25. The van der Waals surface area contributed by atoms with Crippen LogP contribution in [0.3, 0.4) is 0 Å². The summed E-state index contributed by atoms with van der Waals surface area (Å²) in [5, 5.41) is 4.48. The molecule has 4 rings (SSSR count). The van der Waals surface area contributed by atoms with Gasteiger partial charge < -0.3 is 23.8 Å². The first-order chi connectivity index (χ1) is 14.4. The third-order valence-corrected chi connectivity index (χ3v) is 6.30.